The Bertz CT molecular complexity index is 759. The maximum absolute atomic E-state index is 12.4. The van der Waals surface area contributed by atoms with E-state index in [1.807, 2.05) is 21.1 Å². The largest absolute Gasteiger partial charge is 0.756 e. The lowest BCUT2D eigenvalue weighted by molar-refractivity contribution is -0.870. The molecule has 50 heavy (non-hydrogen) atoms. The molecule has 0 aromatic heterocycles. The summed E-state index contributed by atoms with van der Waals surface area (Å²) in [7, 11) is 1.60. The molecule has 0 aromatic rings. The summed E-state index contributed by atoms with van der Waals surface area (Å²) < 4.78 is 35.3. The van der Waals surface area contributed by atoms with Crippen molar-refractivity contribution in [3.8, 4) is 0 Å². The van der Waals surface area contributed by atoms with Gasteiger partial charge in [-0.05, 0) is 38.5 Å². The molecular formula is C42H86NO6P. The van der Waals surface area contributed by atoms with Gasteiger partial charge >= 0.3 is 0 Å². The minimum Gasteiger partial charge on any atom is -0.756 e. The van der Waals surface area contributed by atoms with Crippen LogP contribution < -0.4 is 4.89 Å². The van der Waals surface area contributed by atoms with Crippen LogP contribution in [-0.2, 0) is 23.1 Å². The van der Waals surface area contributed by atoms with Crippen molar-refractivity contribution in [2.24, 2.45) is 0 Å². The molecule has 8 heteroatoms. The molecule has 0 fully saturated rings. The lowest BCUT2D eigenvalue weighted by atomic mass is 10.0. The van der Waals surface area contributed by atoms with Gasteiger partial charge in [0.2, 0.25) is 0 Å². The number of allylic oxidation sites excluding steroid dienone is 2. The van der Waals surface area contributed by atoms with Gasteiger partial charge in [0.1, 0.15) is 19.3 Å². The fourth-order valence-corrected chi connectivity index (χ4v) is 6.72. The number of phosphoric acid groups is 1. The monoisotopic (exact) mass is 732 g/mol. The van der Waals surface area contributed by atoms with Crippen molar-refractivity contribution >= 4 is 7.82 Å². The summed E-state index contributed by atoms with van der Waals surface area (Å²) in [6.07, 6.45) is 40.7. The number of hydrogen-bond acceptors (Lipinski definition) is 6. The highest BCUT2D eigenvalue weighted by Crippen LogP contribution is 2.38. The van der Waals surface area contributed by atoms with Gasteiger partial charge in [-0.3, -0.25) is 4.57 Å². The molecule has 0 spiro atoms. The molecule has 0 saturated heterocycles. The van der Waals surface area contributed by atoms with Crippen LogP contribution in [0.3, 0.4) is 0 Å². The standard InChI is InChI=1S/C42H86NO6P/c1-6-8-10-12-14-16-18-20-22-23-25-27-29-31-33-35-38-47-42(41-49-50(44,45)48-39-36-43(3,4)5)40-46-37-34-32-30-28-26-24-21-19-17-15-13-11-9-7-2/h23,25,42H,6-22,24,26-41H2,1-5H3/b25-23-/t42-/m1/s1. The molecule has 0 bridgehead atoms. The number of hydrogen-bond donors (Lipinski definition) is 0. The molecule has 0 heterocycles. The van der Waals surface area contributed by atoms with Gasteiger partial charge in [0.05, 0.1) is 34.4 Å². The molecule has 0 aliphatic rings. The molecule has 0 saturated carbocycles. The van der Waals surface area contributed by atoms with E-state index in [1.54, 1.807) is 0 Å². The SMILES string of the molecule is CCCCCCCCCC/C=C\CCCCCCO[C@H](COCCCCCCCCCCCCCCCC)COP(=O)([O-])OCC[N+](C)(C)C. The second-order valence-electron chi connectivity index (χ2n) is 15.7. The van der Waals surface area contributed by atoms with Gasteiger partial charge < -0.3 is 27.9 Å². The normalized spacial score (nSPS) is 14.1. The Hall–Kier alpha value is -0.270. The highest BCUT2D eigenvalue weighted by Gasteiger charge is 2.18. The molecule has 7 nitrogen and oxygen atoms in total. The maximum Gasteiger partial charge on any atom is 0.268 e. The van der Waals surface area contributed by atoms with Crippen LogP contribution in [0.15, 0.2) is 12.2 Å². The summed E-state index contributed by atoms with van der Waals surface area (Å²) in [6, 6.07) is 0. The van der Waals surface area contributed by atoms with Crippen LogP contribution in [0.1, 0.15) is 194 Å². The summed E-state index contributed by atoms with van der Waals surface area (Å²) in [5.41, 5.74) is 0. The molecule has 0 N–H and O–H groups in total. The molecule has 0 aliphatic carbocycles. The van der Waals surface area contributed by atoms with E-state index in [4.69, 9.17) is 18.5 Å². The molecule has 0 aromatic carbocycles. The van der Waals surface area contributed by atoms with Gasteiger partial charge in [-0.2, -0.15) is 0 Å². The highest BCUT2D eigenvalue weighted by atomic mass is 31.2. The predicted molar refractivity (Wildman–Crippen MR) is 213 cm³/mol. The van der Waals surface area contributed by atoms with Crippen molar-refractivity contribution in [3.63, 3.8) is 0 Å². The Kier molecular flexibility index (Phi) is 36.9. The third kappa shape index (κ3) is 40.5. The zero-order valence-corrected chi connectivity index (χ0v) is 35.0. The number of likely N-dealkylation sites (N-methyl/N-ethyl adjacent to an activating group) is 1. The van der Waals surface area contributed by atoms with Crippen molar-refractivity contribution in [2.75, 3.05) is 60.7 Å². The molecule has 0 aliphatic heterocycles. The smallest absolute Gasteiger partial charge is 0.268 e. The van der Waals surface area contributed by atoms with E-state index in [-0.39, 0.29) is 13.2 Å². The quantitative estimate of drug-likeness (QED) is 0.0270. The lowest BCUT2D eigenvalue weighted by Crippen LogP contribution is -2.37. The summed E-state index contributed by atoms with van der Waals surface area (Å²) in [5, 5.41) is 0. The van der Waals surface area contributed by atoms with Gasteiger partial charge in [0.15, 0.2) is 0 Å². The van der Waals surface area contributed by atoms with Crippen molar-refractivity contribution in [1.82, 2.24) is 0 Å². The predicted octanol–water partition coefficient (Wildman–Crippen LogP) is 12.1. The first kappa shape index (κ1) is 49.7. The lowest BCUT2D eigenvalue weighted by Gasteiger charge is -2.28. The topological polar surface area (TPSA) is 77.1 Å². The van der Waals surface area contributed by atoms with Crippen LogP contribution in [0.5, 0.6) is 0 Å². The fraction of sp³-hybridized carbons (Fsp3) is 0.952. The number of unbranched alkanes of at least 4 members (excludes halogenated alkanes) is 25. The molecule has 0 radical (unpaired) electrons. The third-order valence-electron chi connectivity index (χ3n) is 9.39. The zero-order chi connectivity index (χ0) is 36.9. The van der Waals surface area contributed by atoms with E-state index >= 15 is 0 Å². The minimum atomic E-state index is -4.39. The first-order valence-corrected chi connectivity index (χ1v) is 22.9. The summed E-state index contributed by atoms with van der Waals surface area (Å²) in [5.74, 6) is 0. The van der Waals surface area contributed by atoms with Gasteiger partial charge in [-0.25, -0.2) is 0 Å². The van der Waals surface area contributed by atoms with Crippen LogP contribution in [0, 0.1) is 0 Å². The van der Waals surface area contributed by atoms with Crippen LogP contribution >= 0.6 is 7.82 Å². The Balaban J connectivity index is 4.11. The summed E-state index contributed by atoms with van der Waals surface area (Å²) in [4.78, 5) is 12.4. The van der Waals surface area contributed by atoms with Crippen molar-refractivity contribution in [1.29, 1.82) is 0 Å². The second-order valence-corrected chi connectivity index (χ2v) is 17.1. The van der Waals surface area contributed by atoms with E-state index in [2.05, 4.69) is 26.0 Å². The van der Waals surface area contributed by atoms with Gasteiger partial charge in [-0.15, -0.1) is 0 Å². The van der Waals surface area contributed by atoms with Gasteiger partial charge in [-0.1, -0.05) is 167 Å². The Morgan fingerprint density at radius 2 is 0.920 bits per heavy atom. The number of rotatable bonds is 41. The first-order chi connectivity index (χ1) is 24.2. The number of phosphoric ester groups is 1. The van der Waals surface area contributed by atoms with E-state index in [0.29, 0.717) is 30.8 Å². The van der Waals surface area contributed by atoms with Crippen molar-refractivity contribution < 1.29 is 32.5 Å². The Morgan fingerprint density at radius 3 is 1.36 bits per heavy atom. The van der Waals surface area contributed by atoms with E-state index in [1.165, 1.54) is 154 Å². The van der Waals surface area contributed by atoms with Gasteiger partial charge in [0.25, 0.3) is 7.82 Å². The second kappa shape index (κ2) is 37.1. The first-order valence-electron chi connectivity index (χ1n) is 21.4. The molecule has 2 atom stereocenters. The Morgan fingerprint density at radius 1 is 0.520 bits per heavy atom. The van der Waals surface area contributed by atoms with Crippen molar-refractivity contribution in [2.45, 2.75) is 200 Å². The van der Waals surface area contributed by atoms with Gasteiger partial charge in [0, 0.05) is 13.2 Å². The van der Waals surface area contributed by atoms with Crippen LogP contribution in [0.4, 0.5) is 0 Å². The molecular weight excluding hydrogens is 645 g/mol. The Labute approximate surface area is 312 Å². The summed E-state index contributed by atoms with van der Waals surface area (Å²) >= 11 is 0. The number of quaternary nitrogens is 1. The minimum absolute atomic E-state index is 0.0758. The molecule has 0 amide bonds. The van der Waals surface area contributed by atoms with Crippen molar-refractivity contribution in [3.05, 3.63) is 12.2 Å². The third-order valence-corrected chi connectivity index (χ3v) is 10.3. The van der Waals surface area contributed by atoms with E-state index in [9.17, 15) is 9.46 Å². The van der Waals surface area contributed by atoms with E-state index in [0.717, 1.165) is 25.7 Å². The molecule has 300 valence electrons. The highest BCUT2D eigenvalue weighted by molar-refractivity contribution is 7.45. The average Bonchev–Trinajstić information content (AvgIpc) is 3.07. The van der Waals surface area contributed by atoms with Crippen LogP contribution in [0.25, 0.3) is 0 Å². The number of nitrogens with zero attached hydrogens (tertiary/aromatic N) is 1. The summed E-state index contributed by atoms with van der Waals surface area (Å²) in [6.45, 7) is 6.73. The van der Waals surface area contributed by atoms with Crippen LogP contribution in [0.2, 0.25) is 0 Å². The zero-order valence-electron chi connectivity index (χ0n) is 34.1. The average molecular weight is 732 g/mol. The molecule has 0 rings (SSSR count). The maximum atomic E-state index is 12.4. The fourth-order valence-electron chi connectivity index (χ4n) is 6.00. The van der Waals surface area contributed by atoms with Crippen LogP contribution in [-0.4, -0.2) is 71.3 Å². The number of ether oxygens (including phenoxy) is 2. The van der Waals surface area contributed by atoms with E-state index < -0.39 is 13.9 Å². The molecule has 1 unspecified atom stereocenters.